The molecule has 0 atom stereocenters. The Labute approximate surface area is 85.3 Å². The molecule has 0 radical (unpaired) electrons. The molecule has 0 saturated carbocycles. The minimum Gasteiger partial charge on any atom is -0.269 e. The minimum absolute atomic E-state index is 0.981. The quantitative estimate of drug-likeness (QED) is 0.357. The number of hydrogen-bond donors (Lipinski definition) is 0. The summed E-state index contributed by atoms with van der Waals surface area (Å²) in [5, 5.41) is 2.08. The van der Waals surface area contributed by atoms with Crippen LogP contribution >= 0.6 is 11.8 Å². The van der Waals surface area contributed by atoms with E-state index in [1.807, 2.05) is 37.6 Å². The summed E-state index contributed by atoms with van der Waals surface area (Å²) < 4.78 is 0. The van der Waals surface area contributed by atoms with E-state index in [4.69, 9.17) is 0 Å². The molecule has 1 nitrogen and oxygen atoms in total. The molecule has 0 aliphatic carbocycles. The molecule has 0 aromatic rings. The van der Waals surface area contributed by atoms with E-state index in [0.717, 1.165) is 12.2 Å². The molecule has 0 heterocycles. The maximum atomic E-state index is 4.07. The third-order valence-corrected chi connectivity index (χ3v) is 1.88. The highest BCUT2D eigenvalue weighted by Crippen LogP contribution is 2.01. The minimum atomic E-state index is 0.981. The molecule has 0 saturated heterocycles. The fraction of sp³-hybridized carbons (Fsp3) is 0.364. The van der Waals surface area contributed by atoms with Gasteiger partial charge in [-0.15, -0.1) is 11.8 Å². The molecule has 13 heavy (non-hydrogen) atoms. The molecule has 72 valence electrons. The number of hydrogen-bond acceptors (Lipinski definition) is 2. The van der Waals surface area contributed by atoms with Crippen LogP contribution in [0.3, 0.4) is 0 Å². The van der Waals surface area contributed by atoms with Gasteiger partial charge in [0.1, 0.15) is 0 Å². The first kappa shape index (κ1) is 12.2. The normalized spacial score (nSPS) is 13.1. The Morgan fingerprint density at radius 3 is 2.85 bits per heavy atom. The Kier molecular flexibility index (Phi) is 10.6. The van der Waals surface area contributed by atoms with Gasteiger partial charge in [0.2, 0.25) is 0 Å². The van der Waals surface area contributed by atoms with E-state index >= 15 is 0 Å². The van der Waals surface area contributed by atoms with Gasteiger partial charge < -0.3 is 0 Å². The summed E-state index contributed by atoms with van der Waals surface area (Å²) in [5.41, 5.74) is 0. The van der Waals surface area contributed by atoms with Crippen molar-refractivity contribution in [1.29, 1.82) is 0 Å². The molecule has 0 amide bonds. The standard InChI is InChI=1S/C11H17NS/c1-3-5-6-10-13-11-7-9-12-8-4-2/h3,5-10H,4,11H2,1-2H3/b5-3+,9-7-,10-6+,12-8?. The second-order valence-corrected chi connectivity index (χ2v) is 3.25. The lowest BCUT2D eigenvalue weighted by molar-refractivity contribution is 1.31. The second-order valence-electron chi connectivity index (χ2n) is 2.31. The lowest BCUT2D eigenvalue weighted by atomic mass is 10.5. The highest BCUT2D eigenvalue weighted by Gasteiger charge is 1.73. The second kappa shape index (κ2) is 11.2. The van der Waals surface area contributed by atoms with E-state index in [2.05, 4.69) is 23.4 Å². The first-order valence-electron chi connectivity index (χ1n) is 4.48. The van der Waals surface area contributed by atoms with Gasteiger partial charge in [-0.1, -0.05) is 31.2 Å². The van der Waals surface area contributed by atoms with Gasteiger partial charge in [0.05, 0.1) is 0 Å². The van der Waals surface area contributed by atoms with Crippen molar-refractivity contribution < 1.29 is 0 Å². The zero-order chi connectivity index (χ0) is 9.78. The fourth-order valence-corrected chi connectivity index (χ4v) is 1.10. The average Bonchev–Trinajstić information content (AvgIpc) is 2.16. The molecule has 0 fully saturated rings. The van der Waals surface area contributed by atoms with Gasteiger partial charge in [0, 0.05) is 18.2 Å². The Morgan fingerprint density at radius 2 is 2.15 bits per heavy atom. The van der Waals surface area contributed by atoms with Crippen LogP contribution in [-0.2, 0) is 0 Å². The van der Waals surface area contributed by atoms with Gasteiger partial charge in [-0.25, -0.2) is 0 Å². The Bertz CT molecular complexity index is 202. The predicted molar refractivity (Wildman–Crippen MR) is 64.3 cm³/mol. The lowest BCUT2D eigenvalue weighted by Gasteiger charge is -1.83. The summed E-state index contributed by atoms with van der Waals surface area (Å²) >= 11 is 1.76. The van der Waals surface area contributed by atoms with Crippen LogP contribution in [0.4, 0.5) is 0 Å². The van der Waals surface area contributed by atoms with Crippen LogP contribution < -0.4 is 0 Å². The molecule has 0 bridgehead atoms. The number of rotatable bonds is 6. The van der Waals surface area contributed by atoms with Crippen molar-refractivity contribution in [3.63, 3.8) is 0 Å². The summed E-state index contributed by atoms with van der Waals surface area (Å²) in [7, 11) is 0. The van der Waals surface area contributed by atoms with Crippen molar-refractivity contribution in [3.05, 3.63) is 35.9 Å². The first-order valence-corrected chi connectivity index (χ1v) is 5.52. The highest BCUT2D eigenvalue weighted by atomic mass is 32.2. The zero-order valence-electron chi connectivity index (χ0n) is 8.31. The smallest absolute Gasteiger partial charge is 0.0232 e. The van der Waals surface area contributed by atoms with Gasteiger partial charge in [0.15, 0.2) is 0 Å². The van der Waals surface area contributed by atoms with Crippen LogP contribution in [0.5, 0.6) is 0 Å². The molecule has 0 N–H and O–H groups in total. The first-order chi connectivity index (χ1) is 6.41. The molecule has 0 unspecified atom stereocenters. The van der Waals surface area contributed by atoms with Crippen LogP contribution in [0.15, 0.2) is 40.9 Å². The number of thioether (sulfide) groups is 1. The third kappa shape index (κ3) is 11.2. The summed E-state index contributed by atoms with van der Waals surface area (Å²) in [6.07, 6.45) is 12.9. The van der Waals surface area contributed by atoms with Crippen LogP contribution in [0, 0.1) is 0 Å². The monoisotopic (exact) mass is 195 g/mol. The number of nitrogens with zero attached hydrogens (tertiary/aromatic N) is 1. The van der Waals surface area contributed by atoms with E-state index in [1.165, 1.54) is 0 Å². The van der Waals surface area contributed by atoms with Crippen molar-refractivity contribution in [2.75, 3.05) is 5.75 Å². The van der Waals surface area contributed by atoms with Crippen molar-refractivity contribution >= 4 is 18.0 Å². The Balaban J connectivity index is 3.34. The fourth-order valence-electron chi connectivity index (χ4n) is 0.593. The third-order valence-electron chi connectivity index (χ3n) is 1.15. The summed E-state index contributed by atoms with van der Waals surface area (Å²) in [5.74, 6) is 0.981. The topological polar surface area (TPSA) is 12.4 Å². The molecular formula is C11H17NS. The largest absolute Gasteiger partial charge is 0.269 e. The van der Waals surface area contributed by atoms with Crippen LogP contribution in [0.25, 0.3) is 0 Å². The van der Waals surface area contributed by atoms with E-state index in [1.54, 1.807) is 11.8 Å². The summed E-state index contributed by atoms with van der Waals surface area (Å²) in [6, 6.07) is 0. The van der Waals surface area contributed by atoms with E-state index in [-0.39, 0.29) is 0 Å². The van der Waals surface area contributed by atoms with Crippen LogP contribution in [-0.4, -0.2) is 12.0 Å². The summed E-state index contributed by atoms with van der Waals surface area (Å²) in [6.45, 7) is 4.08. The number of aliphatic imine (C=N–C) groups is 1. The van der Waals surface area contributed by atoms with E-state index in [9.17, 15) is 0 Å². The molecule has 0 aromatic heterocycles. The van der Waals surface area contributed by atoms with Gasteiger partial charge in [-0.2, -0.15) is 0 Å². The zero-order valence-corrected chi connectivity index (χ0v) is 9.13. The molecule has 2 heteroatoms. The SMILES string of the molecule is C/C=C/C=C/SC/C=C\N=CCC. The van der Waals surface area contributed by atoms with Crippen LogP contribution in [0.1, 0.15) is 20.3 Å². The molecule has 0 aromatic carbocycles. The Morgan fingerprint density at radius 1 is 1.31 bits per heavy atom. The molecule has 0 spiro atoms. The van der Waals surface area contributed by atoms with Crippen molar-refractivity contribution in [1.82, 2.24) is 0 Å². The van der Waals surface area contributed by atoms with Gasteiger partial charge >= 0.3 is 0 Å². The van der Waals surface area contributed by atoms with Gasteiger partial charge in [-0.05, 0) is 18.8 Å². The lowest BCUT2D eigenvalue weighted by Crippen LogP contribution is -1.66. The molecule has 0 aliphatic rings. The number of allylic oxidation sites excluding steroid dienone is 3. The van der Waals surface area contributed by atoms with E-state index in [0.29, 0.717) is 0 Å². The molecule has 0 aliphatic heterocycles. The van der Waals surface area contributed by atoms with Gasteiger partial charge in [-0.3, -0.25) is 4.99 Å². The van der Waals surface area contributed by atoms with Crippen LogP contribution in [0.2, 0.25) is 0 Å². The Hall–Kier alpha value is -0.760. The highest BCUT2D eigenvalue weighted by molar-refractivity contribution is 8.02. The summed E-state index contributed by atoms with van der Waals surface area (Å²) in [4.78, 5) is 4.07. The maximum Gasteiger partial charge on any atom is 0.0232 e. The molecule has 0 rings (SSSR count). The molecular weight excluding hydrogens is 178 g/mol. The maximum absolute atomic E-state index is 4.07. The average molecular weight is 195 g/mol. The van der Waals surface area contributed by atoms with Crippen molar-refractivity contribution in [2.45, 2.75) is 20.3 Å². The van der Waals surface area contributed by atoms with E-state index < -0.39 is 0 Å². The predicted octanol–water partition coefficient (Wildman–Crippen LogP) is 3.80. The van der Waals surface area contributed by atoms with Crippen molar-refractivity contribution in [3.8, 4) is 0 Å². The van der Waals surface area contributed by atoms with Crippen molar-refractivity contribution in [2.24, 2.45) is 4.99 Å². The van der Waals surface area contributed by atoms with Gasteiger partial charge in [0.25, 0.3) is 0 Å².